The number of carbonyl (C=O) groups excluding carboxylic acids is 1. The third kappa shape index (κ3) is 4.79. The molecule has 2 N–H and O–H groups in total. The second-order valence-corrected chi connectivity index (χ2v) is 5.77. The predicted octanol–water partition coefficient (Wildman–Crippen LogP) is 2.15. The largest absolute Gasteiger partial charge is 0.381 e. The van der Waals surface area contributed by atoms with Gasteiger partial charge >= 0.3 is 6.03 Å². The average molecular weight is 330 g/mol. The van der Waals surface area contributed by atoms with E-state index in [4.69, 9.17) is 9.26 Å². The minimum absolute atomic E-state index is 0.127. The van der Waals surface area contributed by atoms with E-state index in [-0.39, 0.29) is 12.1 Å². The standard InChI is InChI=1S/C17H22N4O3/c22-17(19-14-8-11-23-12-9-14)18-10-4-7-15-20-16(21-24-15)13-5-2-1-3-6-13/h1-3,5-6,14H,4,7-12H2,(H2,18,19,22). The maximum atomic E-state index is 11.8. The van der Waals surface area contributed by atoms with Gasteiger partial charge in [0, 0.05) is 37.8 Å². The van der Waals surface area contributed by atoms with Crippen LogP contribution >= 0.6 is 0 Å². The number of nitrogens with one attached hydrogen (secondary N) is 2. The molecule has 0 unspecified atom stereocenters. The van der Waals surface area contributed by atoms with Gasteiger partial charge in [-0.15, -0.1) is 0 Å². The van der Waals surface area contributed by atoms with Crippen molar-refractivity contribution in [2.45, 2.75) is 31.7 Å². The summed E-state index contributed by atoms with van der Waals surface area (Å²) in [5.74, 6) is 1.18. The van der Waals surface area contributed by atoms with Crippen molar-refractivity contribution in [3.63, 3.8) is 0 Å². The van der Waals surface area contributed by atoms with Crippen molar-refractivity contribution in [3.8, 4) is 11.4 Å². The molecule has 0 atom stereocenters. The van der Waals surface area contributed by atoms with Gasteiger partial charge in [-0.05, 0) is 19.3 Å². The van der Waals surface area contributed by atoms with Crippen molar-refractivity contribution in [1.82, 2.24) is 20.8 Å². The monoisotopic (exact) mass is 330 g/mol. The molecule has 0 radical (unpaired) electrons. The molecule has 3 rings (SSSR count). The second-order valence-electron chi connectivity index (χ2n) is 5.77. The summed E-state index contributed by atoms with van der Waals surface area (Å²) in [7, 11) is 0. The number of hydrogen-bond acceptors (Lipinski definition) is 5. The van der Waals surface area contributed by atoms with E-state index in [0.29, 0.717) is 37.9 Å². The zero-order chi connectivity index (χ0) is 16.6. The highest BCUT2D eigenvalue weighted by molar-refractivity contribution is 5.74. The molecule has 2 amide bonds. The highest BCUT2D eigenvalue weighted by atomic mass is 16.5. The number of ether oxygens (including phenoxy) is 1. The van der Waals surface area contributed by atoms with Crippen molar-refractivity contribution in [1.29, 1.82) is 0 Å². The van der Waals surface area contributed by atoms with Crippen molar-refractivity contribution >= 4 is 6.03 Å². The molecule has 0 spiro atoms. The number of nitrogens with zero attached hydrogens (tertiary/aromatic N) is 2. The fraction of sp³-hybridized carbons (Fsp3) is 0.471. The van der Waals surface area contributed by atoms with Crippen LogP contribution in [0.4, 0.5) is 4.79 Å². The lowest BCUT2D eigenvalue weighted by atomic mass is 10.1. The van der Waals surface area contributed by atoms with Crippen LogP contribution in [0.2, 0.25) is 0 Å². The van der Waals surface area contributed by atoms with Gasteiger partial charge in [0.05, 0.1) is 0 Å². The smallest absolute Gasteiger partial charge is 0.315 e. The lowest BCUT2D eigenvalue weighted by molar-refractivity contribution is 0.0801. The first-order valence-corrected chi connectivity index (χ1v) is 8.31. The highest BCUT2D eigenvalue weighted by Gasteiger charge is 2.15. The number of aromatic nitrogens is 2. The summed E-state index contributed by atoms with van der Waals surface area (Å²) >= 11 is 0. The van der Waals surface area contributed by atoms with E-state index < -0.39 is 0 Å². The first-order valence-electron chi connectivity index (χ1n) is 8.31. The number of hydrogen-bond donors (Lipinski definition) is 2. The van der Waals surface area contributed by atoms with Crippen LogP contribution < -0.4 is 10.6 Å². The van der Waals surface area contributed by atoms with Crippen LogP contribution in [0.5, 0.6) is 0 Å². The lowest BCUT2D eigenvalue weighted by Crippen LogP contribution is -2.44. The Morgan fingerprint density at radius 3 is 2.79 bits per heavy atom. The fourth-order valence-corrected chi connectivity index (χ4v) is 2.58. The zero-order valence-electron chi connectivity index (χ0n) is 13.5. The van der Waals surface area contributed by atoms with E-state index in [9.17, 15) is 4.79 Å². The molecule has 1 saturated heterocycles. The number of rotatable bonds is 6. The molecule has 1 aliphatic rings. The summed E-state index contributed by atoms with van der Waals surface area (Å²) in [6.07, 6.45) is 3.13. The maximum absolute atomic E-state index is 11.8. The van der Waals surface area contributed by atoms with Gasteiger partial charge in [0.25, 0.3) is 0 Å². The molecule has 7 nitrogen and oxygen atoms in total. The Hall–Kier alpha value is -2.41. The highest BCUT2D eigenvalue weighted by Crippen LogP contribution is 2.15. The molecule has 1 aliphatic heterocycles. The molecule has 0 saturated carbocycles. The zero-order valence-corrected chi connectivity index (χ0v) is 13.5. The summed E-state index contributed by atoms with van der Waals surface area (Å²) in [6.45, 7) is 2.00. The van der Waals surface area contributed by atoms with Gasteiger partial charge < -0.3 is 19.9 Å². The molecule has 7 heteroatoms. The van der Waals surface area contributed by atoms with Crippen molar-refractivity contribution in [2.24, 2.45) is 0 Å². The first-order chi connectivity index (χ1) is 11.8. The van der Waals surface area contributed by atoms with Gasteiger partial charge in [0.15, 0.2) is 0 Å². The number of urea groups is 1. The summed E-state index contributed by atoms with van der Waals surface area (Å²) in [6, 6.07) is 9.79. The fourth-order valence-electron chi connectivity index (χ4n) is 2.58. The van der Waals surface area contributed by atoms with E-state index in [0.717, 1.165) is 24.8 Å². The Kier molecular flexibility index (Phi) is 5.79. The Labute approximate surface area is 140 Å². The van der Waals surface area contributed by atoms with Crippen LogP contribution in [0.25, 0.3) is 11.4 Å². The molecule has 0 bridgehead atoms. The average Bonchev–Trinajstić information content (AvgIpc) is 3.09. The number of carbonyl (C=O) groups is 1. The number of benzene rings is 1. The quantitative estimate of drug-likeness (QED) is 0.792. The van der Waals surface area contributed by atoms with E-state index in [2.05, 4.69) is 20.8 Å². The Balaban J connectivity index is 1.36. The molecule has 1 fully saturated rings. The summed E-state index contributed by atoms with van der Waals surface area (Å²) in [5, 5.41) is 9.80. The first kappa shape index (κ1) is 16.4. The van der Waals surface area contributed by atoms with Gasteiger partial charge in [-0.3, -0.25) is 0 Å². The lowest BCUT2D eigenvalue weighted by Gasteiger charge is -2.23. The molecular formula is C17H22N4O3. The van der Waals surface area contributed by atoms with E-state index in [1.54, 1.807) is 0 Å². The molecule has 2 aromatic rings. The van der Waals surface area contributed by atoms with Gasteiger partial charge in [-0.25, -0.2) is 4.79 Å². The van der Waals surface area contributed by atoms with Crippen LogP contribution in [0.15, 0.2) is 34.9 Å². The molecular weight excluding hydrogens is 308 g/mol. The predicted molar refractivity (Wildman–Crippen MR) is 88.4 cm³/mol. The molecule has 128 valence electrons. The SMILES string of the molecule is O=C(NCCCc1nc(-c2ccccc2)no1)NC1CCOCC1. The van der Waals surface area contributed by atoms with E-state index in [1.165, 1.54) is 0 Å². The normalized spacial score (nSPS) is 15.2. The van der Waals surface area contributed by atoms with E-state index in [1.807, 2.05) is 30.3 Å². The van der Waals surface area contributed by atoms with Crippen LogP contribution in [0, 0.1) is 0 Å². The Bertz CT molecular complexity index is 638. The molecule has 24 heavy (non-hydrogen) atoms. The third-order valence-electron chi connectivity index (χ3n) is 3.91. The minimum atomic E-state index is -0.127. The van der Waals surface area contributed by atoms with E-state index >= 15 is 0 Å². The molecule has 1 aromatic carbocycles. The Morgan fingerprint density at radius 1 is 1.21 bits per heavy atom. The molecule has 2 heterocycles. The van der Waals surface area contributed by atoms with Crippen molar-refractivity contribution in [2.75, 3.05) is 19.8 Å². The molecule has 0 aliphatic carbocycles. The van der Waals surface area contributed by atoms with Gasteiger partial charge in [-0.1, -0.05) is 35.5 Å². The van der Waals surface area contributed by atoms with Gasteiger partial charge in [0.1, 0.15) is 0 Å². The van der Waals surface area contributed by atoms with Crippen LogP contribution in [0.3, 0.4) is 0 Å². The van der Waals surface area contributed by atoms with Gasteiger partial charge in [0.2, 0.25) is 11.7 Å². The third-order valence-corrected chi connectivity index (χ3v) is 3.91. The molecule has 1 aromatic heterocycles. The van der Waals surface area contributed by atoms with Crippen LogP contribution in [-0.2, 0) is 11.2 Å². The second kappa shape index (κ2) is 8.44. The summed E-state index contributed by atoms with van der Waals surface area (Å²) < 4.78 is 10.5. The van der Waals surface area contributed by atoms with Crippen LogP contribution in [-0.4, -0.2) is 42.0 Å². The van der Waals surface area contributed by atoms with Crippen molar-refractivity contribution in [3.05, 3.63) is 36.2 Å². The number of amides is 2. The van der Waals surface area contributed by atoms with Crippen LogP contribution in [0.1, 0.15) is 25.2 Å². The summed E-state index contributed by atoms with van der Waals surface area (Å²) in [5.41, 5.74) is 0.932. The topological polar surface area (TPSA) is 89.3 Å². The minimum Gasteiger partial charge on any atom is -0.381 e. The van der Waals surface area contributed by atoms with Gasteiger partial charge in [-0.2, -0.15) is 4.98 Å². The summed E-state index contributed by atoms with van der Waals surface area (Å²) in [4.78, 5) is 16.2. The van der Waals surface area contributed by atoms with Crippen molar-refractivity contribution < 1.29 is 14.1 Å². The Morgan fingerprint density at radius 2 is 2.00 bits per heavy atom. The maximum Gasteiger partial charge on any atom is 0.315 e. The number of aryl methyl sites for hydroxylation is 1.